The second kappa shape index (κ2) is 6.65. The van der Waals surface area contributed by atoms with Crippen LogP contribution in [0.5, 0.6) is 0 Å². The van der Waals surface area contributed by atoms with Gasteiger partial charge in [0.1, 0.15) is 6.04 Å². The second-order valence-corrected chi connectivity index (χ2v) is 6.42. The first-order chi connectivity index (χ1) is 11.5. The molecule has 1 atom stereocenters. The molecule has 2 aromatic carbocycles. The number of β-lactam (4-membered cyclic amide) rings is 1. The van der Waals surface area contributed by atoms with Crippen molar-refractivity contribution in [2.75, 3.05) is 11.9 Å². The molecule has 0 aliphatic carbocycles. The van der Waals surface area contributed by atoms with Crippen molar-refractivity contribution in [2.45, 2.75) is 26.3 Å². The lowest BCUT2D eigenvalue weighted by Gasteiger charge is -2.38. The summed E-state index contributed by atoms with van der Waals surface area (Å²) in [6.45, 7) is 4.46. The Morgan fingerprint density at radius 2 is 1.79 bits per heavy atom. The first-order valence-corrected chi connectivity index (χ1v) is 8.28. The van der Waals surface area contributed by atoms with Crippen LogP contribution in [0, 0.1) is 13.8 Å². The molecule has 0 bridgehead atoms. The SMILES string of the molecule is Cc1cccc(C)c1NC(=O)[C@@H](c1ccccc1Cl)N1CCC1=O. The maximum atomic E-state index is 13.0. The summed E-state index contributed by atoms with van der Waals surface area (Å²) in [5, 5.41) is 3.47. The molecule has 0 spiro atoms. The number of rotatable bonds is 4. The van der Waals surface area contributed by atoms with Crippen LogP contribution in [0.1, 0.15) is 29.2 Å². The van der Waals surface area contributed by atoms with E-state index >= 15 is 0 Å². The van der Waals surface area contributed by atoms with Crippen molar-refractivity contribution < 1.29 is 9.59 Å². The molecule has 2 amide bonds. The summed E-state index contributed by atoms with van der Waals surface area (Å²) in [5.41, 5.74) is 3.40. The summed E-state index contributed by atoms with van der Waals surface area (Å²) < 4.78 is 0. The van der Waals surface area contributed by atoms with Gasteiger partial charge in [0, 0.05) is 29.2 Å². The average Bonchev–Trinajstić information content (AvgIpc) is 2.55. The van der Waals surface area contributed by atoms with Crippen molar-refractivity contribution in [3.63, 3.8) is 0 Å². The van der Waals surface area contributed by atoms with Gasteiger partial charge in [-0.2, -0.15) is 0 Å². The molecule has 2 aromatic rings. The zero-order valence-electron chi connectivity index (χ0n) is 13.7. The van der Waals surface area contributed by atoms with Gasteiger partial charge >= 0.3 is 0 Å². The van der Waals surface area contributed by atoms with E-state index < -0.39 is 6.04 Å². The van der Waals surface area contributed by atoms with E-state index in [-0.39, 0.29) is 11.8 Å². The van der Waals surface area contributed by atoms with Gasteiger partial charge in [-0.25, -0.2) is 0 Å². The molecule has 1 aliphatic heterocycles. The standard InChI is InChI=1S/C19H19ClN2O2/c1-12-6-5-7-13(2)17(12)21-19(24)18(22-11-10-16(22)23)14-8-3-4-9-15(14)20/h3-9,18H,10-11H2,1-2H3,(H,21,24)/t18-/m1/s1. The van der Waals surface area contributed by atoms with Crippen LogP contribution in [0.15, 0.2) is 42.5 Å². The predicted octanol–water partition coefficient (Wildman–Crippen LogP) is 3.87. The molecule has 1 N–H and O–H groups in total. The Hall–Kier alpha value is -2.33. The Kier molecular flexibility index (Phi) is 4.58. The highest BCUT2D eigenvalue weighted by Gasteiger charge is 2.37. The number of benzene rings is 2. The number of nitrogens with one attached hydrogen (secondary N) is 1. The van der Waals surface area contributed by atoms with Crippen molar-refractivity contribution in [1.82, 2.24) is 4.90 Å². The van der Waals surface area contributed by atoms with E-state index in [0.29, 0.717) is 23.6 Å². The van der Waals surface area contributed by atoms with Gasteiger partial charge < -0.3 is 10.2 Å². The van der Waals surface area contributed by atoms with Crippen LogP contribution in [0.3, 0.4) is 0 Å². The van der Waals surface area contributed by atoms with Crippen LogP contribution in [-0.4, -0.2) is 23.3 Å². The molecule has 1 aliphatic rings. The number of anilines is 1. The minimum atomic E-state index is -0.709. The Morgan fingerprint density at radius 1 is 1.12 bits per heavy atom. The van der Waals surface area contributed by atoms with Gasteiger partial charge in [0.25, 0.3) is 5.91 Å². The third-order valence-electron chi connectivity index (χ3n) is 4.38. The number of para-hydroxylation sites is 1. The molecular formula is C19H19ClN2O2. The number of carbonyl (C=O) groups is 2. The van der Waals surface area contributed by atoms with E-state index in [0.717, 1.165) is 16.8 Å². The van der Waals surface area contributed by atoms with Crippen molar-refractivity contribution in [3.05, 3.63) is 64.2 Å². The van der Waals surface area contributed by atoms with E-state index in [1.54, 1.807) is 17.0 Å². The summed E-state index contributed by atoms with van der Waals surface area (Å²) in [6.07, 6.45) is 0.470. The molecule has 0 radical (unpaired) electrons. The molecule has 3 rings (SSSR count). The van der Waals surface area contributed by atoms with Crippen LogP contribution < -0.4 is 5.32 Å². The molecule has 0 aromatic heterocycles. The number of nitrogens with zero attached hydrogens (tertiary/aromatic N) is 1. The number of carbonyl (C=O) groups excluding carboxylic acids is 2. The third-order valence-corrected chi connectivity index (χ3v) is 4.72. The Balaban J connectivity index is 1.95. The Morgan fingerprint density at radius 3 is 2.33 bits per heavy atom. The molecule has 0 saturated carbocycles. The van der Waals surface area contributed by atoms with Gasteiger partial charge in [-0.1, -0.05) is 48.0 Å². The smallest absolute Gasteiger partial charge is 0.251 e. The fraction of sp³-hybridized carbons (Fsp3) is 0.263. The predicted molar refractivity (Wildman–Crippen MR) is 95.1 cm³/mol. The summed E-state index contributed by atoms with van der Waals surface area (Å²) in [4.78, 5) is 26.5. The van der Waals surface area contributed by atoms with Gasteiger partial charge in [0.2, 0.25) is 5.91 Å². The van der Waals surface area contributed by atoms with Crippen LogP contribution in [-0.2, 0) is 9.59 Å². The monoisotopic (exact) mass is 342 g/mol. The van der Waals surface area contributed by atoms with E-state index in [9.17, 15) is 9.59 Å². The van der Waals surface area contributed by atoms with Gasteiger partial charge in [-0.05, 0) is 31.0 Å². The van der Waals surface area contributed by atoms with Crippen LogP contribution >= 0.6 is 11.6 Å². The Bertz CT molecular complexity index is 783. The summed E-state index contributed by atoms with van der Waals surface area (Å²) >= 11 is 6.28. The van der Waals surface area contributed by atoms with Crippen LogP contribution in [0.4, 0.5) is 5.69 Å². The highest BCUT2D eigenvalue weighted by Crippen LogP contribution is 2.33. The lowest BCUT2D eigenvalue weighted by molar-refractivity contribution is -0.147. The van der Waals surface area contributed by atoms with E-state index in [1.807, 2.05) is 44.2 Å². The fourth-order valence-electron chi connectivity index (χ4n) is 2.96. The average molecular weight is 343 g/mol. The molecule has 4 nitrogen and oxygen atoms in total. The Labute approximate surface area is 146 Å². The lowest BCUT2D eigenvalue weighted by Crippen LogP contribution is -2.49. The zero-order chi connectivity index (χ0) is 17.3. The molecule has 5 heteroatoms. The van der Waals surface area contributed by atoms with Crippen molar-refractivity contribution >= 4 is 29.1 Å². The fourth-order valence-corrected chi connectivity index (χ4v) is 3.20. The van der Waals surface area contributed by atoms with Crippen molar-refractivity contribution in [1.29, 1.82) is 0 Å². The van der Waals surface area contributed by atoms with E-state index in [2.05, 4.69) is 5.32 Å². The largest absolute Gasteiger partial charge is 0.326 e. The summed E-state index contributed by atoms with van der Waals surface area (Å²) in [7, 11) is 0. The molecule has 1 saturated heterocycles. The summed E-state index contributed by atoms with van der Waals surface area (Å²) in [6, 6.07) is 12.3. The molecule has 124 valence electrons. The highest BCUT2D eigenvalue weighted by atomic mass is 35.5. The molecule has 1 heterocycles. The molecule has 24 heavy (non-hydrogen) atoms. The molecular weight excluding hydrogens is 324 g/mol. The number of halogens is 1. The van der Waals surface area contributed by atoms with Crippen LogP contribution in [0.25, 0.3) is 0 Å². The third kappa shape index (κ3) is 3.02. The number of likely N-dealkylation sites (tertiary alicyclic amines) is 1. The lowest BCUT2D eigenvalue weighted by atomic mass is 9.99. The number of hydrogen-bond acceptors (Lipinski definition) is 2. The normalized spacial score (nSPS) is 15.0. The van der Waals surface area contributed by atoms with Crippen molar-refractivity contribution in [2.24, 2.45) is 0 Å². The van der Waals surface area contributed by atoms with Crippen molar-refractivity contribution in [3.8, 4) is 0 Å². The maximum Gasteiger partial charge on any atom is 0.251 e. The van der Waals surface area contributed by atoms with Crippen LogP contribution in [0.2, 0.25) is 5.02 Å². The van der Waals surface area contributed by atoms with Gasteiger partial charge in [-0.15, -0.1) is 0 Å². The highest BCUT2D eigenvalue weighted by molar-refractivity contribution is 6.31. The summed E-state index contributed by atoms with van der Waals surface area (Å²) in [5.74, 6) is -0.273. The van der Waals surface area contributed by atoms with E-state index in [1.165, 1.54) is 0 Å². The topological polar surface area (TPSA) is 49.4 Å². The molecule has 0 unspecified atom stereocenters. The van der Waals surface area contributed by atoms with Gasteiger partial charge in [0.05, 0.1) is 0 Å². The molecule has 1 fully saturated rings. The second-order valence-electron chi connectivity index (χ2n) is 6.02. The first-order valence-electron chi connectivity index (χ1n) is 7.90. The van der Waals surface area contributed by atoms with Gasteiger partial charge in [0.15, 0.2) is 0 Å². The maximum absolute atomic E-state index is 13.0. The van der Waals surface area contributed by atoms with Gasteiger partial charge in [-0.3, -0.25) is 9.59 Å². The zero-order valence-corrected chi connectivity index (χ0v) is 14.4. The minimum Gasteiger partial charge on any atom is -0.326 e. The number of hydrogen-bond donors (Lipinski definition) is 1. The number of amides is 2. The van der Waals surface area contributed by atoms with E-state index in [4.69, 9.17) is 11.6 Å². The first kappa shape index (κ1) is 16.5. The number of aryl methyl sites for hydroxylation is 2. The minimum absolute atomic E-state index is 0.0309. The quantitative estimate of drug-likeness (QED) is 0.857.